The summed E-state index contributed by atoms with van der Waals surface area (Å²) in [6.45, 7) is 0. The Bertz CT molecular complexity index is 807. The van der Waals surface area contributed by atoms with Crippen LogP contribution in [0.5, 0.6) is 11.6 Å². The molecule has 1 aromatic heterocycles. The highest BCUT2D eigenvalue weighted by molar-refractivity contribution is 7.91. The number of amides is 1. The Morgan fingerprint density at radius 3 is 2.46 bits per heavy atom. The molecule has 1 aromatic carbocycles. The van der Waals surface area contributed by atoms with Crippen molar-refractivity contribution in [3.05, 3.63) is 48.5 Å². The van der Waals surface area contributed by atoms with Gasteiger partial charge in [0.05, 0.1) is 11.5 Å². The summed E-state index contributed by atoms with van der Waals surface area (Å²) >= 11 is 0. The maximum atomic E-state index is 12.3. The van der Waals surface area contributed by atoms with E-state index in [0.29, 0.717) is 30.3 Å². The van der Waals surface area contributed by atoms with Crippen molar-refractivity contribution in [2.45, 2.75) is 12.8 Å². The highest BCUT2D eigenvalue weighted by Gasteiger charge is 2.28. The molecular weight excluding hydrogens is 328 g/mol. The van der Waals surface area contributed by atoms with Crippen molar-refractivity contribution in [3.63, 3.8) is 0 Å². The van der Waals surface area contributed by atoms with Crippen LogP contribution in [0.1, 0.15) is 12.8 Å². The monoisotopic (exact) mass is 346 g/mol. The van der Waals surface area contributed by atoms with Gasteiger partial charge in [-0.05, 0) is 31.0 Å². The molecule has 0 saturated carbocycles. The Kier molecular flexibility index (Phi) is 4.80. The van der Waals surface area contributed by atoms with Crippen molar-refractivity contribution in [1.82, 2.24) is 4.98 Å². The maximum absolute atomic E-state index is 12.3. The lowest BCUT2D eigenvalue weighted by Gasteiger charge is -2.20. The van der Waals surface area contributed by atoms with E-state index in [0.717, 1.165) is 0 Å². The SMILES string of the molecule is O=C(Nc1cccc(Oc2ccccc2)n1)C1CCS(=O)(=O)CC1. The van der Waals surface area contributed by atoms with Crippen molar-refractivity contribution in [2.75, 3.05) is 16.8 Å². The van der Waals surface area contributed by atoms with Gasteiger partial charge in [0.15, 0.2) is 0 Å². The Hall–Kier alpha value is -2.41. The molecular formula is C17H18N2O4S. The normalized spacial score (nSPS) is 17.2. The molecule has 0 aliphatic carbocycles. The van der Waals surface area contributed by atoms with Crippen LogP contribution in [0.4, 0.5) is 5.82 Å². The van der Waals surface area contributed by atoms with Crippen molar-refractivity contribution >= 4 is 21.6 Å². The third-order valence-corrected chi connectivity index (χ3v) is 5.58. The van der Waals surface area contributed by atoms with Crippen LogP contribution in [-0.4, -0.2) is 30.8 Å². The van der Waals surface area contributed by atoms with Gasteiger partial charge in [-0.1, -0.05) is 24.3 Å². The largest absolute Gasteiger partial charge is 0.439 e. The molecule has 0 spiro atoms. The summed E-state index contributed by atoms with van der Waals surface area (Å²) in [5.74, 6) is 1.06. The van der Waals surface area contributed by atoms with Crippen LogP contribution in [0.15, 0.2) is 48.5 Å². The van der Waals surface area contributed by atoms with E-state index in [-0.39, 0.29) is 23.3 Å². The Morgan fingerprint density at radius 1 is 1.04 bits per heavy atom. The molecule has 1 aliphatic heterocycles. The molecule has 0 unspecified atom stereocenters. The second-order valence-corrected chi connectivity index (χ2v) is 8.00. The number of rotatable bonds is 4. The van der Waals surface area contributed by atoms with Crippen LogP contribution >= 0.6 is 0 Å². The minimum absolute atomic E-state index is 0.0652. The third-order valence-electron chi connectivity index (χ3n) is 3.87. The number of para-hydroxylation sites is 1. The average Bonchev–Trinajstić information content (AvgIpc) is 2.56. The van der Waals surface area contributed by atoms with Crippen molar-refractivity contribution < 1.29 is 17.9 Å². The van der Waals surface area contributed by atoms with Gasteiger partial charge in [0.25, 0.3) is 0 Å². The molecule has 0 atom stereocenters. The van der Waals surface area contributed by atoms with Crippen molar-refractivity contribution in [2.24, 2.45) is 5.92 Å². The minimum Gasteiger partial charge on any atom is -0.439 e. The van der Waals surface area contributed by atoms with Gasteiger partial charge in [-0.25, -0.2) is 8.42 Å². The van der Waals surface area contributed by atoms with E-state index < -0.39 is 9.84 Å². The molecule has 6 nitrogen and oxygen atoms in total. The molecule has 1 aliphatic rings. The van der Waals surface area contributed by atoms with Gasteiger partial charge < -0.3 is 10.1 Å². The zero-order valence-electron chi connectivity index (χ0n) is 13.0. The van der Waals surface area contributed by atoms with Crippen LogP contribution in [-0.2, 0) is 14.6 Å². The van der Waals surface area contributed by atoms with E-state index in [4.69, 9.17) is 4.74 Å². The molecule has 3 rings (SSSR count). The fourth-order valence-electron chi connectivity index (χ4n) is 2.53. The third kappa shape index (κ3) is 4.32. The first-order chi connectivity index (χ1) is 11.5. The number of anilines is 1. The summed E-state index contributed by atoms with van der Waals surface area (Å²) in [6.07, 6.45) is 0.711. The Morgan fingerprint density at radius 2 is 1.75 bits per heavy atom. The molecule has 2 aromatic rings. The topological polar surface area (TPSA) is 85.4 Å². The number of aromatic nitrogens is 1. The first-order valence-electron chi connectivity index (χ1n) is 7.73. The van der Waals surface area contributed by atoms with Crippen LogP contribution < -0.4 is 10.1 Å². The van der Waals surface area contributed by atoms with E-state index in [9.17, 15) is 13.2 Å². The molecule has 1 N–H and O–H groups in total. The predicted octanol–water partition coefficient (Wildman–Crippen LogP) is 2.64. The molecule has 24 heavy (non-hydrogen) atoms. The number of carbonyl (C=O) groups excluding carboxylic acids is 1. The lowest BCUT2D eigenvalue weighted by Crippen LogP contribution is -2.32. The van der Waals surface area contributed by atoms with Crippen LogP contribution in [0, 0.1) is 5.92 Å². The van der Waals surface area contributed by atoms with E-state index in [1.807, 2.05) is 30.3 Å². The predicted molar refractivity (Wildman–Crippen MR) is 90.8 cm³/mol. The number of carbonyl (C=O) groups is 1. The van der Waals surface area contributed by atoms with Crippen molar-refractivity contribution in [1.29, 1.82) is 0 Å². The maximum Gasteiger partial charge on any atom is 0.228 e. The number of ether oxygens (including phenoxy) is 1. The van der Waals surface area contributed by atoms with Crippen LogP contribution in [0.25, 0.3) is 0 Å². The number of sulfone groups is 1. The fourth-order valence-corrected chi connectivity index (χ4v) is 4.02. The van der Waals surface area contributed by atoms with E-state index in [2.05, 4.69) is 10.3 Å². The van der Waals surface area contributed by atoms with Crippen molar-refractivity contribution in [3.8, 4) is 11.6 Å². The lowest BCUT2D eigenvalue weighted by atomic mass is 10.0. The molecule has 2 heterocycles. The number of benzene rings is 1. The number of nitrogens with zero attached hydrogens (tertiary/aromatic N) is 1. The lowest BCUT2D eigenvalue weighted by molar-refractivity contribution is -0.120. The molecule has 1 fully saturated rings. The zero-order chi connectivity index (χ0) is 17.0. The van der Waals surface area contributed by atoms with Gasteiger partial charge in [0.2, 0.25) is 11.8 Å². The van der Waals surface area contributed by atoms with E-state index >= 15 is 0 Å². The molecule has 7 heteroatoms. The van der Waals surface area contributed by atoms with Gasteiger partial charge in [0, 0.05) is 12.0 Å². The smallest absolute Gasteiger partial charge is 0.228 e. The Labute approximate surface area is 140 Å². The first-order valence-corrected chi connectivity index (χ1v) is 9.55. The highest BCUT2D eigenvalue weighted by Crippen LogP contribution is 2.23. The molecule has 126 valence electrons. The number of hydrogen-bond acceptors (Lipinski definition) is 5. The van der Waals surface area contributed by atoms with E-state index in [1.165, 1.54) is 0 Å². The van der Waals surface area contributed by atoms with Gasteiger partial charge in [0.1, 0.15) is 21.4 Å². The molecule has 0 bridgehead atoms. The van der Waals surface area contributed by atoms with E-state index in [1.54, 1.807) is 18.2 Å². The summed E-state index contributed by atoms with van der Waals surface area (Å²) in [4.78, 5) is 16.5. The summed E-state index contributed by atoms with van der Waals surface area (Å²) in [5.41, 5.74) is 0. The first kappa shape index (κ1) is 16.4. The van der Waals surface area contributed by atoms with Gasteiger partial charge in [-0.2, -0.15) is 4.98 Å². The quantitative estimate of drug-likeness (QED) is 0.920. The molecule has 0 radical (unpaired) electrons. The average molecular weight is 346 g/mol. The van der Waals surface area contributed by atoms with Crippen LogP contribution in [0.3, 0.4) is 0 Å². The highest BCUT2D eigenvalue weighted by atomic mass is 32.2. The zero-order valence-corrected chi connectivity index (χ0v) is 13.8. The number of hydrogen-bond donors (Lipinski definition) is 1. The molecule has 1 saturated heterocycles. The summed E-state index contributed by atoms with van der Waals surface area (Å²) in [7, 11) is -2.98. The number of pyridine rings is 1. The summed E-state index contributed by atoms with van der Waals surface area (Å²) < 4.78 is 28.5. The number of nitrogens with one attached hydrogen (secondary N) is 1. The van der Waals surface area contributed by atoms with Gasteiger partial charge in [-0.3, -0.25) is 4.79 Å². The fraction of sp³-hybridized carbons (Fsp3) is 0.294. The summed E-state index contributed by atoms with van der Waals surface area (Å²) in [5, 5.41) is 2.74. The second kappa shape index (κ2) is 7.00. The molecule has 1 amide bonds. The summed E-state index contributed by atoms with van der Waals surface area (Å²) in [6, 6.07) is 14.4. The standard InChI is InChI=1S/C17H18N2O4S/c20-17(13-9-11-24(21,22)12-10-13)19-15-7-4-8-16(18-15)23-14-5-2-1-3-6-14/h1-8,13H,9-12H2,(H,18,19,20). The van der Waals surface area contributed by atoms with Gasteiger partial charge in [-0.15, -0.1) is 0 Å². The van der Waals surface area contributed by atoms with Crippen LogP contribution in [0.2, 0.25) is 0 Å². The second-order valence-electron chi connectivity index (χ2n) is 5.69. The minimum atomic E-state index is -2.98. The van der Waals surface area contributed by atoms with Gasteiger partial charge >= 0.3 is 0 Å². The Balaban J connectivity index is 1.63.